The number of hydrogen-bond acceptors (Lipinski definition) is 4. The number of rotatable bonds is 6. The van der Waals surface area contributed by atoms with Gasteiger partial charge in [0.2, 0.25) is 11.0 Å². The zero-order valence-corrected chi connectivity index (χ0v) is 14.5. The molecule has 0 bridgehead atoms. The normalized spacial score (nSPS) is 24.5. The number of carbonyl (C=O) groups is 2. The lowest BCUT2D eigenvalue weighted by atomic mass is 9.92. The number of allylic oxidation sites excluding steroid dienone is 1. The zero-order chi connectivity index (χ0) is 16.6. The molecule has 3 atom stereocenters. The van der Waals surface area contributed by atoms with Crippen molar-refractivity contribution in [2.45, 2.75) is 37.7 Å². The highest BCUT2D eigenvalue weighted by molar-refractivity contribution is 8.04. The van der Waals surface area contributed by atoms with E-state index in [9.17, 15) is 14.7 Å². The van der Waals surface area contributed by atoms with Crippen LogP contribution in [0.4, 0.5) is 0 Å². The van der Waals surface area contributed by atoms with Crippen molar-refractivity contribution in [2.24, 2.45) is 5.92 Å². The smallest absolute Gasteiger partial charge is 0.236 e. The molecule has 6 heteroatoms. The molecule has 0 unspecified atom stereocenters. The van der Waals surface area contributed by atoms with Gasteiger partial charge in [0.15, 0.2) is 0 Å². The van der Waals surface area contributed by atoms with Crippen molar-refractivity contribution in [2.75, 3.05) is 0 Å². The number of aliphatic hydroxyl groups excluding tert-OH is 1. The highest BCUT2D eigenvalue weighted by Gasteiger charge is 2.56. The largest absolute Gasteiger partial charge is 0.392 e. The molecule has 4 nitrogen and oxygen atoms in total. The van der Waals surface area contributed by atoms with E-state index in [0.717, 1.165) is 24.2 Å². The Balaban J connectivity index is 1.69. The molecule has 2 aliphatic rings. The fraction of sp³-hybridized carbons (Fsp3) is 0.412. The van der Waals surface area contributed by atoms with E-state index in [0.29, 0.717) is 5.70 Å². The average molecular weight is 349 g/mol. The van der Waals surface area contributed by atoms with Gasteiger partial charge in [-0.05, 0) is 31.7 Å². The van der Waals surface area contributed by atoms with E-state index in [1.807, 2.05) is 18.2 Å². The molecule has 1 amide bonds. The number of β-lactam (4-membered cyclic amide) rings is 1. The van der Waals surface area contributed by atoms with E-state index < -0.39 is 12.0 Å². The van der Waals surface area contributed by atoms with Gasteiger partial charge in [-0.1, -0.05) is 43.0 Å². The lowest BCUT2D eigenvalue weighted by molar-refractivity contribution is -0.153. The Morgan fingerprint density at radius 1 is 1.35 bits per heavy atom. The van der Waals surface area contributed by atoms with E-state index in [2.05, 4.69) is 24.8 Å². The summed E-state index contributed by atoms with van der Waals surface area (Å²) in [6.45, 7) is 1.62. The number of amides is 1. The van der Waals surface area contributed by atoms with Crippen LogP contribution in [0.3, 0.4) is 0 Å². The van der Waals surface area contributed by atoms with Gasteiger partial charge in [-0.25, -0.2) is 0 Å². The summed E-state index contributed by atoms with van der Waals surface area (Å²) in [4.78, 5) is 26.4. The first-order valence-electron chi connectivity index (χ1n) is 7.69. The monoisotopic (exact) mass is 349 g/mol. The summed E-state index contributed by atoms with van der Waals surface area (Å²) < 4.78 is 0. The van der Waals surface area contributed by atoms with Gasteiger partial charge in [-0.3, -0.25) is 14.5 Å². The van der Waals surface area contributed by atoms with E-state index >= 15 is 0 Å². The molecule has 1 aromatic rings. The molecule has 2 heterocycles. The minimum atomic E-state index is -0.698. The molecule has 1 aromatic carbocycles. The molecule has 1 fully saturated rings. The van der Waals surface area contributed by atoms with Crippen LogP contribution < -0.4 is 0 Å². The number of nitrogens with zero attached hydrogens (tertiary/aromatic N) is 1. The second-order valence-electron chi connectivity index (χ2n) is 5.90. The van der Waals surface area contributed by atoms with Crippen LogP contribution in [0, 0.1) is 5.92 Å². The third-order valence-electron chi connectivity index (χ3n) is 4.29. The van der Waals surface area contributed by atoms with Gasteiger partial charge in [0.05, 0.1) is 12.0 Å². The third-order valence-corrected chi connectivity index (χ3v) is 5.93. The molecule has 0 aliphatic carbocycles. The standard InChI is InChI=1S/C17H19NO3S2/c1-10(19)13-15(20)18-14(17(21)22)12(23-16(13)18)9-5-8-11-6-3-2-4-7-11/h2-4,6-7,10,13,16,19H,5,8-9H2,1H3,(H,21,22)/t10-,13+,16+/m0/s1. The van der Waals surface area contributed by atoms with Crippen molar-refractivity contribution >= 4 is 35.4 Å². The Labute approximate surface area is 145 Å². The van der Waals surface area contributed by atoms with E-state index in [1.54, 1.807) is 6.92 Å². The van der Waals surface area contributed by atoms with Crippen LogP contribution in [0.25, 0.3) is 0 Å². The van der Waals surface area contributed by atoms with Crippen LogP contribution in [0.2, 0.25) is 0 Å². The van der Waals surface area contributed by atoms with Crippen molar-refractivity contribution in [3.63, 3.8) is 0 Å². The molecule has 23 heavy (non-hydrogen) atoms. The minimum absolute atomic E-state index is 0.152. The van der Waals surface area contributed by atoms with Gasteiger partial charge in [0.25, 0.3) is 0 Å². The maximum Gasteiger partial charge on any atom is 0.236 e. The number of thiol groups is 1. The molecule has 122 valence electrons. The first kappa shape index (κ1) is 16.6. The van der Waals surface area contributed by atoms with Crippen LogP contribution in [-0.2, 0) is 16.0 Å². The molecule has 1 saturated heterocycles. The quantitative estimate of drug-likeness (QED) is 0.612. The maximum atomic E-state index is 12.2. The number of benzene rings is 1. The molecule has 0 spiro atoms. The predicted octanol–water partition coefficient (Wildman–Crippen LogP) is 2.59. The Bertz CT molecular complexity index is 657. The summed E-state index contributed by atoms with van der Waals surface area (Å²) in [6, 6.07) is 10.2. The SMILES string of the molecule is C[C@H](O)[C@@H]1C(=O)N2C(C(=O)S)=C(CCCc3ccccc3)S[C@H]12. The summed E-state index contributed by atoms with van der Waals surface area (Å²) in [5, 5.41) is 9.22. The molecule has 0 aromatic heterocycles. The summed E-state index contributed by atoms with van der Waals surface area (Å²) in [6.07, 6.45) is 1.88. The van der Waals surface area contributed by atoms with Crippen LogP contribution in [0.1, 0.15) is 25.3 Å². The van der Waals surface area contributed by atoms with Crippen LogP contribution in [-0.4, -0.2) is 32.5 Å². The second-order valence-corrected chi connectivity index (χ2v) is 7.52. The Hall–Kier alpha value is -1.24. The molecule has 0 saturated carbocycles. The number of hydrogen-bond donors (Lipinski definition) is 2. The van der Waals surface area contributed by atoms with Crippen molar-refractivity contribution in [3.05, 3.63) is 46.5 Å². The molecule has 1 N–H and O–H groups in total. The molecule has 0 radical (unpaired) electrons. The van der Waals surface area contributed by atoms with Gasteiger partial charge >= 0.3 is 0 Å². The molecule has 2 aliphatic heterocycles. The fourth-order valence-electron chi connectivity index (χ4n) is 3.13. The van der Waals surface area contributed by atoms with E-state index in [-0.39, 0.29) is 16.4 Å². The van der Waals surface area contributed by atoms with E-state index in [1.165, 1.54) is 22.2 Å². The van der Waals surface area contributed by atoms with Gasteiger partial charge in [0, 0.05) is 4.91 Å². The number of carbonyl (C=O) groups excluding carboxylic acids is 2. The topological polar surface area (TPSA) is 57.6 Å². The second kappa shape index (κ2) is 6.71. The van der Waals surface area contributed by atoms with Gasteiger partial charge < -0.3 is 5.11 Å². The van der Waals surface area contributed by atoms with Crippen molar-refractivity contribution < 1.29 is 14.7 Å². The van der Waals surface area contributed by atoms with E-state index in [4.69, 9.17) is 0 Å². The van der Waals surface area contributed by atoms with Crippen LogP contribution >= 0.6 is 24.4 Å². The summed E-state index contributed by atoms with van der Waals surface area (Å²) in [7, 11) is 0. The number of aliphatic hydroxyl groups is 1. The molecule has 3 rings (SSSR count). The summed E-state index contributed by atoms with van der Waals surface area (Å²) in [5.74, 6) is -0.595. The summed E-state index contributed by atoms with van der Waals surface area (Å²) in [5.41, 5.74) is 1.68. The number of fused-ring (bicyclic) bond motifs is 1. The predicted molar refractivity (Wildman–Crippen MR) is 93.8 cm³/mol. The van der Waals surface area contributed by atoms with Crippen molar-refractivity contribution in [1.29, 1.82) is 0 Å². The Kier molecular flexibility index (Phi) is 4.85. The Morgan fingerprint density at radius 3 is 2.65 bits per heavy atom. The highest BCUT2D eigenvalue weighted by Crippen LogP contribution is 2.51. The first-order chi connectivity index (χ1) is 11.0. The van der Waals surface area contributed by atoms with Crippen LogP contribution in [0.5, 0.6) is 0 Å². The van der Waals surface area contributed by atoms with Crippen LogP contribution in [0.15, 0.2) is 40.9 Å². The molecular weight excluding hydrogens is 330 g/mol. The number of thioether (sulfide) groups is 1. The minimum Gasteiger partial charge on any atom is -0.392 e. The Morgan fingerprint density at radius 2 is 2.04 bits per heavy atom. The fourth-order valence-corrected chi connectivity index (χ4v) is 5.11. The van der Waals surface area contributed by atoms with Crippen molar-refractivity contribution in [1.82, 2.24) is 4.90 Å². The lowest BCUT2D eigenvalue weighted by Crippen LogP contribution is -2.60. The van der Waals surface area contributed by atoms with Gasteiger partial charge in [-0.15, -0.1) is 11.8 Å². The first-order valence-corrected chi connectivity index (χ1v) is 9.01. The maximum absolute atomic E-state index is 12.2. The third kappa shape index (κ3) is 3.07. The van der Waals surface area contributed by atoms with Gasteiger partial charge in [-0.2, -0.15) is 0 Å². The molecular formula is C17H19NO3S2. The average Bonchev–Trinajstić information content (AvgIpc) is 2.82. The van der Waals surface area contributed by atoms with Gasteiger partial charge in [0.1, 0.15) is 11.1 Å². The highest BCUT2D eigenvalue weighted by atomic mass is 32.2. The number of aryl methyl sites for hydroxylation is 1. The summed E-state index contributed by atoms with van der Waals surface area (Å²) >= 11 is 5.46. The lowest BCUT2D eigenvalue weighted by Gasteiger charge is -2.43. The van der Waals surface area contributed by atoms with Crippen molar-refractivity contribution in [3.8, 4) is 0 Å². The zero-order valence-electron chi connectivity index (χ0n) is 12.8.